The maximum absolute atomic E-state index is 8.89. The van der Waals surface area contributed by atoms with E-state index < -0.39 is 0 Å². The van der Waals surface area contributed by atoms with Crippen LogP contribution in [0.1, 0.15) is 88.2 Å². The summed E-state index contributed by atoms with van der Waals surface area (Å²) in [5.41, 5.74) is 2.17. The molecular formula is C23H33NO. The van der Waals surface area contributed by atoms with Gasteiger partial charge in [-0.1, -0.05) is 31.9 Å². The molecule has 25 heavy (non-hydrogen) atoms. The van der Waals surface area contributed by atoms with Crippen LogP contribution in [0.3, 0.4) is 0 Å². The van der Waals surface area contributed by atoms with E-state index in [4.69, 9.17) is 10.00 Å². The SMILES string of the molecule is CCCCC/C=C/OCCCC1CCC(c2ccc(C#N)cc2)CC1. The minimum absolute atomic E-state index is 0.686. The van der Waals surface area contributed by atoms with E-state index in [0.29, 0.717) is 5.92 Å². The van der Waals surface area contributed by atoms with Gasteiger partial charge < -0.3 is 4.74 Å². The second kappa shape index (κ2) is 11.7. The smallest absolute Gasteiger partial charge is 0.0991 e. The summed E-state index contributed by atoms with van der Waals surface area (Å²) in [6.45, 7) is 3.10. The van der Waals surface area contributed by atoms with E-state index in [2.05, 4.69) is 31.2 Å². The molecule has 1 aliphatic carbocycles. The molecule has 0 spiro atoms. The fourth-order valence-corrected chi connectivity index (χ4v) is 3.79. The van der Waals surface area contributed by atoms with Crippen LogP contribution in [0.2, 0.25) is 0 Å². The lowest BCUT2D eigenvalue weighted by atomic mass is 9.77. The molecule has 0 saturated heterocycles. The van der Waals surface area contributed by atoms with Gasteiger partial charge >= 0.3 is 0 Å². The molecule has 2 rings (SSSR count). The lowest BCUT2D eigenvalue weighted by Gasteiger charge is -2.28. The number of unbranched alkanes of at least 4 members (excludes halogenated alkanes) is 3. The summed E-state index contributed by atoms with van der Waals surface area (Å²) in [4.78, 5) is 0. The zero-order chi connectivity index (χ0) is 17.7. The van der Waals surface area contributed by atoms with Crippen LogP contribution in [0.15, 0.2) is 36.6 Å². The molecule has 0 unspecified atom stereocenters. The van der Waals surface area contributed by atoms with Crippen LogP contribution in [0.4, 0.5) is 0 Å². The lowest BCUT2D eigenvalue weighted by Crippen LogP contribution is -2.13. The Balaban J connectivity index is 1.55. The third-order valence-corrected chi connectivity index (χ3v) is 5.40. The maximum Gasteiger partial charge on any atom is 0.0991 e. The highest BCUT2D eigenvalue weighted by molar-refractivity contribution is 5.33. The molecule has 0 aromatic heterocycles. The van der Waals surface area contributed by atoms with Crippen molar-refractivity contribution in [3.05, 3.63) is 47.7 Å². The minimum Gasteiger partial charge on any atom is -0.502 e. The number of hydrogen-bond donors (Lipinski definition) is 0. The molecule has 1 aliphatic rings. The van der Waals surface area contributed by atoms with E-state index in [0.717, 1.165) is 24.5 Å². The van der Waals surface area contributed by atoms with Crippen molar-refractivity contribution in [3.8, 4) is 6.07 Å². The number of ether oxygens (including phenoxy) is 1. The van der Waals surface area contributed by atoms with Crippen molar-refractivity contribution >= 4 is 0 Å². The normalized spacial score (nSPS) is 20.5. The standard InChI is InChI=1S/C23H33NO/c1-2-3-4-5-6-17-25-18-7-8-20-9-13-22(14-10-20)23-15-11-21(19-24)12-16-23/h6,11-12,15-17,20,22H,2-5,7-10,13-14,18H2,1H3/b17-6+. The van der Waals surface area contributed by atoms with E-state index in [1.165, 1.54) is 63.4 Å². The highest BCUT2D eigenvalue weighted by Crippen LogP contribution is 2.37. The molecule has 1 fully saturated rings. The first-order valence-electron chi connectivity index (χ1n) is 10.1. The molecule has 0 aliphatic heterocycles. The maximum atomic E-state index is 8.89. The number of benzene rings is 1. The number of nitrogens with zero attached hydrogens (tertiary/aromatic N) is 1. The number of hydrogen-bond acceptors (Lipinski definition) is 2. The number of allylic oxidation sites excluding steroid dienone is 1. The van der Waals surface area contributed by atoms with Crippen LogP contribution in [0, 0.1) is 17.2 Å². The van der Waals surface area contributed by atoms with E-state index in [1.807, 2.05) is 18.4 Å². The van der Waals surface area contributed by atoms with E-state index >= 15 is 0 Å². The van der Waals surface area contributed by atoms with Gasteiger partial charge in [-0.05, 0) is 87.0 Å². The van der Waals surface area contributed by atoms with Gasteiger partial charge in [-0.15, -0.1) is 0 Å². The van der Waals surface area contributed by atoms with Gasteiger partial charge in [0, 0.05) is 0 Å². The number of rotatable bonds is 10. The van der Waals surface area contributed by atoms with Gasteiger partial charge in [0.2, 0.25) is 0 Å². The largest absolute Gasteiger partial charge is 0.502 e. The predicted octanol–water partition coefficient (Wildman–Crippen LogP) is 6.72. The van der Waals surface area contributed by atoms with Crippen LogP contribution in [0.5, 0.6) is 0 Å². The third kappa shape index (κ3) is 7.34. The molecule has 0 heterocycles. The Hall–Kier alpha value is -1.75. The van der Waals surface area contributed by atoms with Crippen LogP contribution < -0.4 is 0 Å². The Morgan fingerprint density at radius 3 is 2.52 bits per heavy atom. The molecule has 136 valence electrons. The summed E-state index contributed by atoms with van der Waals surface area (Å²) in [5.74, 6) is 1.55. The first kappa shape index (κ1) is 19.6. The molecule has 0 N–H and O–H groups in total. The molecule has 1 aromatic carbocycles. The van der Waals surface area contributed by atoms with Crippen molar-refractivity contribution in [2.24, 2.45) is 5.92 Å². The average molecular weight is 340 g/mol. The second-order valence-electron chi connectivity index (χ2n) is 7.33. The molecule has 0 radical (unpaired) electrons. The molecule has 1 saturated carbocycles. The topological polar surface area (TPSA) is 33.0 Å². The molecular weight excluding hydrogens is 306 g/mol. The van der Waals surface area contributed by atoms with E-state index in [-0.39, 0.29) is 0 Å². The summed E-state index contributed by atoms with van der Waals surface area (Å²) in [5, 5.41) is 8.89. The first-order chi connectivity index (χ1) is 12.3. The van der Waals surface area contributed by atoms with Crippen molar-refractivity contribution in [1.82, 2.24) is 0 Å². The van der Waals surface area contributed by atoms with Gasteiger partial charge in [0.25, 0.3) is 0 Å². The molecule has 0 amide bonds. The van der Waals surface area contributed by atoms with Crippen LogP contribution in [-0.4, -0.2) is 6.61 Å². The zero-order valence-corrected chi connectivity index (χ0v) is 15.8. The summed E-state index contributed by atoms with van der Waals surface area (Å²) in [6.07, 6.45) is 16.8. The van der Waals surface area contributed by atoms with Gasteiger partial charge in [-0.2, -0.15) is 5.26 Å². The van der Waals surface area contributed by atoms with Crippen LogP contribution in [-0.2, 0) is 4.74 Å². The van der Waals surface area contributed by atoms with Gasteiger partial charge in [-0.25, -0.2) is 0 Å². The van der Waals surface area contributed by atoms with Gasteiger partial charge in [-0.3, -0.25) is 0 Å². The number of nitriles is 1. The molecule has 1 aromatic rings. The highest BCUT2D eigenvalue weighted by Gasteiger charge is 2.21. The van der Waals surface area contributed by atoms with Crippen molar-refractivity contribution < 1.29 is 4.74 Å². The monoisotopic (exact) mass is 339 g/mol. The summed E-state index contributed by atoms with van der Waals surface area (Å²) >= 11 is 0. The zero-order valence-electron chi connectivity index (χ0n) is 15.8. The summed E-state index contributed by atoms with van der Waals surface area (Å²) in [6, 6.07) is 10.4. The Morgan fingerprint density at radius 1 is 1.08 bits per heavy atom. The third-order valence-electron chi connectivity index (χ3n) is 5.40. The molecule has 2 heteroatoms. The highest BCUT2D eigenvalue weighted by atomic mass is 16.5. The van der Waals surface area contributed by atoms with Crippen molar-refractivity contribution in [2.45, 2.75) is 77.0 Å². The van der Waals surface area contributed by atoms with Crippen molar-refractivity contribution in [1.29, 1.82) is 5.26 Å². The molecule has 0 bridgehead atoms. The fraction of sp³-hybridized carbons (Fsp3) is 0.609. The van der Waals surface area contributed by atoms with Crippen molar-refractivity contribution in [3.63, 3.8) is 0 Å². The minimum atomic E-state index is 0.686. The average Bonchev–Trinajstić information content (AvgIpc) is 2.67. The Morgan fingerprint density at radius 2 is 1.84 bits per heavy atom. The van der Waals surface area contributed by atoms with E-state index in [1.54, 1.807) is 0 Å². The van der Waals surface area contributed by atoms with E-state index in [9.17, 15) is 0 Å². The van der Waals surface area contributed by atoms with Crippen LogP contribution >= 0.6 is 0 Å². The van der Waals surface area contributed by atoms with Gasteiger partial charge in [0.05, 0.1) is 24.5 Å². The fourth-order valence-electron chi connectivity index (χ4n) is 3.79. The Kier molecular flexibility index (Phi) is 9.19. The van der Waals surface area contributed by atoms with Gasteiger partial charge in [0.15, 0.2) is 0 Å². The quantitative estimate of drug-likeness (QED) is 0.350. The van der Waals surface area contributed by atoms with Crippen molar-refractivity contribution in [2.75, 3.05) is 6.61 Å². The first-order valence-corrected chi connectivity index (χ1v) is 10.1. The second-order valence-corrected chi connectivity index (χ2v) is 7.33. The van der Waals surface area contributed by atoms with Crippen LogP contribution in [0.25, 0.3) is 0 Å². The lowest BCUT2D eigenvalue weighted by molar-refractivity contribution is 0.219. The molecule has 0 atom stereocenters. The molecule has 2 nitrogen and oxygen atoms in total. The Labute approximate surface area is 153 Å². The van der Waals surface area contributed by atoms with Gasteiger partial charge in [0.1, 0.15) is 0 Å². The Bertz CT molecular complexity index is 532. The summed E-state index contributed by atoms with van der Waals surface area (Å²) in [7, 11) is 0. The summed E-state index contributed by atoms with van der Waals surface area (Å²) < 4.78 is 5.61. The predicted molar refractivity (Wildman–Crippen MR) is 104 cm³/mol.